The largest absolute Gasteiger partial charge is 0.329 e. The standard InChI is InChI=1S/C6H7F5N8S/c1-4(2)14-19-6(13-15-17-19)18-3-5(12-16-18)20(7,8,9,10)11/h3H,1-2H3. The molecule has 2 rings (SSSR count). The van der Waals surface area contributed by atoms with E-state index in [-0.39, 0.29) is 6.20 Å². The van der Waals surface area contributed by atoms with E-state index in [9.17, 15) is 19.4 Å². The van der Waals surface area contributed by atoms with Gasteiger partial charge in [0.1, 0.15) is 0 Å². The van der Waals surface area contributed by atoms with Gasteiger partial charge in [-0.3, -0.25) is 0 Å². The molecule has 0 N–H and O–H groups in total. The Kier molecular flexibility index (Phi) is 2.50. The average Bonchev–Trinajstić information content (AvgIpc) is 2.79. The molecule has 0 fully saturated rings. The molecule has 0 unspecified atom stereocenters. The van der Waals surface area contributed by atoms with Gasteiger partial charge in [-0.2, -0.15) is 9.78 Å². The molecular formula is C6H7F5N8S. The van der Waals surface area contributed by atoms with Crippen LogP contribution in [0, 0.1) is 0 Å². The zero-order valence-electron chi connectivity index (χ0n) is 9.95. The van der Waals surface area contributed by atoms with Gasteiger partial charge in [0.2, 0.25) is 5.03 Å². The Morgan fingerprint density at radius 3 is 2.25 bits per heavy atom. The lowest BCUT2D eigenvalue weighted by Crippen LogP contribution is -2.07. The summed E-state index contributed by atoms with van der Waals surface area (Å²) in [4.78, 5) is 0.735. The van der Waals surface area contributed by atoms with E-state index in [1.165, 1.54) is 0 Å². The van der Waals surface area contributed by atoms with Crippen molar-refractivity contribution in [2.24, 2.45) is 5.10 Å². The zero-order chi connectivity index (χ0) is 15.2. The second kappa shape index (κ2) is 3.50. The van der Waals surface area contributed by atoms with E-state index < -0.39 is 21.2 Å². The summed E-state index contributed by atoms with van der Waals surface area (Å²) in [7, 11) is -9.89. The van der Waals surface area contributed by atoms with Crippen LogP contribution in [0.15, 0.2) is 16.3 Å². The molecule has 2 heterocycles. The van der Waals surface area contributed by atoms with Crippen molar-refractivity contribution in [2.75, 3.05) is 0 Å². The summed E-state index contributed by atoms with van der Waals surface area (Å²) in [6, 6.07) is 0. The fourth-order valence-electron chi connectivity index (χ4n) is 1.09. The number of rotatable bonds is 3. The highest BCUT2D eigenvalue weighted by Crippen LogP contribution is 3.01. The Hall–Kier alpha value is -2.12. The second-order valence-corrected chi connectivity index (χ2v) is 6.24. The normalized spacial score (nSPS) is 15.6. The van der Waals surface area contributed by atoms with Crippen molar-refractivity contribution in [3.8, 4) is 5.95 Å². The van der Waals surface area contributed by atoms with E-state index in [4.69, 9.17) is 0 Å². The predicted octanol–water partition coefficient (Wildman–Crippen LogP) is 2.16. The van der Waals surface area contributed by atoms with Crippen LogP contribution < -0.4 is 0 Å². The highest BCUT2D eigenvalue weighted by molar-refractivity contribution is 8.45. The fourth-order valence-corrected chi connectivity index (χ4v) is 1.58. The second-order valence-electron chi connectivity index (χ2n) is 3.89. The number of hydrogen-bond donors (Lipinski definition) is 0. The number of hydrogen-bond acceptors (Lipinski definition) is 6. The molecule has 0 saturated heterocycles. The van der Waals surface area contributed by atoms with Crippen LogP contribution in [0.2, 0.25) is 0 Å². The summed E-state index contributed by atoms with van der Waals surface area (Å²) in [6.07, 6.45) is 0.00423. The first-order valence-electron chi connectivity index (χ1n) is 4.84. The van der Waals surface area contributed by atoms with Gasteiger partial charge in [-0.1, -0.05) is 34.5 Å². The van der Waals surface area contributed by atoms with Gasteiger partial charge >= 0.3 is 10.2 Å². The van der Waals surface area contributed by atoms with Crippen molar-refractivity contribution in [3.63, 3.8) is 0 Å². The minimum absolute atomic E-state index is 0.00423. The van der Waals surface area contributed by atoms with Gasteiger partial charge in [0.05, 0.1) is 6.20 Å². The molecule has 8 nitrogen and oxygen atoms in total. The molecule has 0 radical (unpaired) electrons. The first kappa shape index (κ1) is 14.3. The summed E-state index contributed by atoms with van der Waals surface area (Å²) < 4.78 is 62.9. The van der Waals surface area contributed by atoms with Gasteiger partial charge in [-0.05, 0) is 24.3 Å². The molecule has 0 atom stereocenters. The summed E-state index contributed by atoms with van der Waals surface area (Å²) in [6.45, 7) is 3.15. The van der Waals surface area contributed by atoms with Crippen molar-refractivity contribution in [3.05, 3.63) is 6.20 Å². The lowest BCUT2D eigenvalue weighted by molar-refractivity contribution is 0.358. The third-order valence-electron chi connectivity index (χ3n) is 1.81. The van der Waals surface area contributed by atoms with E-state index in [1.807, 2.05) is 0 Å². The number of tetrazole rings is 1. The lowest BCUT2D eigenvalue weighted by Gasteiger charge is -2.37. The van der Waals surface area contributed by atoms with Gasteiger partial charge < -0.3 is 0 Å². The number of aromatic nitrogens is 7. The van der Waals surface area contributed by atoms with E-state index in [1.54, 1.807) is 13.8 Å². The average molecular weight is 318 g/mol. The Balaban J connectivity index is 2.51. The van der Waals surface area contributed by atoms with Crippen LogP contribution in [-0.4, -0.2) is 41.0 Å². The number of halogens is 5. The van der Waals surface area contributed by atoms with Crippen molar-refractivity contribution in [2.45, 2.75) is 18.9 Å². The topological polar surface area (TPSA) is 86.7 Å². The molecule has 0 aromatic carbocycles. The molecule has 112 valence electrons. The Morgan fingerprint density at radius 1 is 1.10 bits per heavy atom. The Bertz CT molecular complexity index is 680. The molecule has 0 bridgehead atoms. The van der Waals surface area contributed by atoms with E-state index in [2.05, 4.69) is 30.9 Å². The van der Waals surface area contributed by atoms with Crippen LogP contribution in [0.25, 0.3) is 5.95 Å². The maximum Gasteiger partial charge on any atom is 0.329 e. The lowest BCUT2D eigenvalue weighted by atomic mass is 10.5. The van der Waals surface area contributed by atoms with E-state index in [0.717, 1.165) is 4.79 Å². The van der Waals surface area contributed by atoms with Crippen molar-refractivity contribution in [1.82, 2.24) is 35.3 Å². The minimum atomic E-state index is -9.89. The molecular weight excluding hydrogens is 311 g/mol. The van der Waals surface area contributed by atoms with Crippen molar-refractivity contribution in [1.29, 1.82) is 0 Å². The molecule has 20 heavy (non-hydrogen) atoms. The molecule has 0 aliphatic carbocycles. The van der Waals surface area contributed by atoms with Crippen molar-refractivity contribution < 1.29 is 19.4 Å². The third kappa shape index (κ3) is 2.89. The Morgan fingerprint density at radius 2 is 1.75 bits per heavy atom. The molecule has 0 spiro atoms. The van der Waals surface area contributed by atoms with E-state index in [0.29, 0.717) is 10.4 Å². The summed E-state index contributed by atoms with van der Waals surface area (Å²) in [5.74, 6) is -0.410. The molecule has 0 aliphatic heterocycles. The maximum absolute atomic E-state index is 12.5. The maximum atomic E-state index is 12.5. The monoisotopic (exact) mass is 318 g/mol. The third-order valence-corrected chi connectivity index (χ3v) is 2.78. The van der Waals surface area contributed by atoms with Crippen molar-refractivity contribution >= 4 is 15.9 Å². The van der Waals surface area contributed by atoms with Crippen LogP contribution in [0.1, 0.15) is 13.8 Å². The van der Waals surface area contributed by atoms with Crippen LogP contribution in [0.3, 0.4) is 0 Å². The van der Waals surface area contributed by atoms with Crippen LogP contribution in [-0.2, 0) is 0 Å². The highest BCUT2D eigenvalue weighted by atomic mass is 32.5. The minimum Gasteiger partial charge on any atom is -0.181 e. The van der Waals surface area contributed by atoms with Crippen LogP contribution >= 0.6 is 10.2 Å². The molecule has 0 amide bonds. The molecule has 14 heteroatoms. The fraction of sp³-hybridized carbons (Fsp3) is 0.333. The van der Waals surface area contributed by atoms with Gasteiger partial charge in [0.15, 0.2) is 0 Å². The quantitative estimate of drug-likeness (QED) is 0.639. The van der Waals surface area contributed by atoms with Gasteiger partial charge in [0, 0.05) is 5.71 Å². The summed E-state index contributed by atoms with van der Waals surface area (Å²) >= 11 is 0. The summed E-state index contributed by atoms with van der Waals surface area (Å²) in [5.41, 5.74) is 0.478. The van der Waals surface area contributed by atoms with Gasteiger partial charge in [-0.15, -0.1) is 5.10 Å². The van der Waals surface area contributed by atoms with Crippen LogP contribution in [0.5, 0.6) is 0 Å². The van der Waals surface area contributed by atoms with Gasteiger partial charge in [0.25, 0.3) is 5.95 Å². The first-order valence-corrected chi connectivity index (χ1v) is 6.79. The van der Waals surface area contributed by atoms with E-state index >= 15 is 0 Å². The molecule has 2 aromatic rings. The predicted molar refractivity (Wildman–Crippen MR) is 58.3 cm³/mol. The first-order chi connectivity index (χ1) is 8.86. The molecule has 2 aromatic heterocycles. The smallest absolute Gasteiger partial charge is 0.181 e. The van der Waals surface area contributed by atoms with Gasteiger partial charge in [-0.25, -0.2) is 0 Å². The molecule has 0 aliphatic rings. The Labute approximate surface area is 108 Å². The SMILES string of the molecule is CC(C)=Nn1nnnc1-n1cc(S(F)(F)(F)(F)F)nn1. The zero-order valence-corrected chi connectivity index (χ0v) is 10.8. The summed E-state index contributed by atoms with van der Waals surface area (Å²) in [5, 5.41) is 16.6. The highest BCUT2D eigenvalue weighted by Gasteiger charge is 2.68. The number of nitrogens with zero attached hydrogens (tertiary/aromatic N) is 8. The molecule has 0 saturated carbocycles. The van der Waals surface area contributed by atoms with Crippen LogP contribution in [0.4, 0.5) is 19.4 Å².